The number of rotatable bonds is 2. The van der Waals surface area contributed by atoms with Gasteiger partial charge in [0.05, 0.1) is 11.6 Å². The molecule has 1 unspecified atom stereocenters. The lowest BCUT2D eigenvalue weighted by molar-refractivity contribution is 0.0617. The summed E-state index contributed by atoms with van der Waals surface area (Å²) in [6.45, 7) is 1.89. The van der Waals surface area contributed by atoms with Crippen LogP contribution in [0, 0.1) is 0 Å². The number of cyclic esters (lactones) is 1. The number of hydrogen-bond acceptors (Lipinski definition) is 5. The van der Waals surface area contributed by atoms with Gasteiger partial charge in [0.2, 0.25) is 0 Å². The number of pyridine rings is 1. The highest BCUT2D eigenvalue weighted by Gasteiger charge is 2.39. The van der Waals surface area contributed by atoms with E-state index in [1.165, 1.54) is 0 Å². The molecule has 3 rings (SSSR count). The summed E-state index contributed by atoms with van der Waals surface area (Å²) in [5, 5.41) is 2.92. The molecular weight excluding hydrogens is 260 g/mol. The van der Waals surface area contributed by atoms with E-state index in [1.54, 1.807) is 35.2 Å². The Balaban J connectivity index is 1.77. The highest BCUT2D eigenvalue weighted by molar-refractivity contribution is 5.98. The van der Waals surface area contributed by atoms with E-state index in [4.69, 9.17) is 4.74 Å². The standard InChI is InChI=1S/C13H16N4O3/c1-14-11-10(3-2-4-15-11)12(18)16-5-6-17-9(7-16)8-20-13(17)19/h2-4,9H,5-8H2,1H3,(H,14,15). The Labute approximate surface area is 116 Å². The number of aromatic nitrogens is 1. The van der Waals surface area contributed by atoms with Crippen molar-refractivity contribution in [2.45, 2.75) is 6.04 Å². The van der Waals surface area contributed by atoms with Gasteiger partial charge in [-0.2, -0.15) is 0 Å². The van der Waals surface area contributed by atoms with Gasteiger partial charge in [-0.1, -0.05) is 0 Å². The van der Waals surface area contributed by atoms with Crippen molar-refractivity contribution in [2.75, 3.05) is 38.6 Å². The molecule has 2 fully saturated rings. The summed E-state index contributed by atoms with van der Waals surface area (Å²) >= 11 is 0. The smallest absolute Gasteiger partial charge is 0.410 e. The van der Waals surface area contributed by atoms with Gasteiger partial charge >= 0.3 is 6.09 Å². The van der Waals surface area contributed by atoms with E-state index in [0.29, 0.717) is 37.6 Å². The zero-order chi connectivity index (χ0) is 14.1. The van der Waals surface area contributed by atoms with E-state index >= 15 is 0 Å². The fourth-order valence-electron chi connectivity index (χ4n) is 2.62. The number of hydrogen-bond donors (Lipinski definition) is 1. The zero-order valence-electron chi connectivity index (χ0n) is 11.2. The first-order valence-electron chi connectivity index (χ1n) is 6.56. The Morgan fingerprint density at radius 1 is 1.50 bits per heavy atom. The van der Waals surface area contributed by atoms with Gasteiger partial charge in [-0.15, -0.1) is 0 Å². The van der Waals surface area contributed by atoms with E-state index < -0.39 is 0 Å². The first-order valence-corrected chi connectivity index (χ1v) is 6.56. The second-order valence-electron chi connectivity index (χ2n) is 4.82. The van der Waals surface area contributed by atoms with Gasteiger partial charge in [-0.25, -0.2) is 9.78 Å². The lowest BCUT2D eigenvalue weighted by Gasteiger charge is -2.35. The number of piperazine rings is 1. The number of anilines is 1. The number of ether oxygens (including phenoxy) is 1. The Morgan fingerprint density at radius 2 is 2.35 bits per heavy atom. The molecule has 7 nitrogen and oxygen atoms in total. The highest BCUT2D eigenvalue weighted by atomic mass is 16.6. The van der Waals surface area contributed by atoms with Crippen molar-refractivity contribution < 1.29 is 14.3 Å². The number of nitrogens with one attached hydrogen (secondary N) is 1. The Bertz CT molecular complexity index is 548. The van der Waals surface area contributed by atoms with E-state index in [2.05, 4.69) is 10.3 Å². The minimum absolute atomic E-state index is 0.0325. The summed E-state index contributed by atoms with van der Waals surface area (Å²) in [7, 11) is 1.74. The Kier molecular flexibility index (Phi) is 3.17. The first kappa shape index (κ1) is 12.7. The second-order valence-corrected chi connectivity index (χ2v) is 4.82. The summed E-state index contributed by atoms with van der Waals surface area (Å²) in [6, 6.07) is 3.46. The summed E-state index contributed by atoms with van der Waals surface area (Å²) in [4.78, 5) is 31.6. The van der Waals surface area contributed by atoms with E-state index in [0.717, 1.165) is 0 Å². The maximum atomic E-state index is 12.6. The van der Waals surface area contributed by atoms with Gasteiger partial charge in [0.15, 0.2) is 0 Å². The topological polar surface area (TPSA) is 74.8 Å². The minimum atomic E-state index is -0.278. The summed E-state index contributed by atoms with van der Waals surface area (Å²) in [6.07, 6.45) is 1.36. The first-order chi connectivity index (χ1) is 9.70. The van der Waals surface area contributed by atoms with Crippen LogP contribution in [0.5, 0.6) is 0 Å². The molecule has 1 atom stereocenters. The number of nitrogens with zero attached hydrogens (tertiary/aromatic N) is 3. The molecule has 0 spiro atoms. The van der Waals surface area contributed by atoms with Crippen LogP contribution < -0.4 is 5.32 Å². The molecule has 7 heteroatoms. The van der Waals surface area contributed by atoms with Gasteiger partial charge in [-0.05, 0) is 12.1 Å². The van der Waals surface area contributed by atoms with Gasteiger partial charge < -0.3 is 15.0 Å². The zero-order valence-corrected chi connectivity index (χ0v) is 11.2. The Morgan fingerprint density at radius 3 is 3.15 bits per heavy atom. The molecule has 20 heavy (non-hydrogen) atoms. The van der Waals surface area contributed by atoms with Gasteiger partial charge in [0.1, 0.15) is 12.4 Å². The molecule has 1 N–H and O–H groups in total. The average Bonchev–Trinajstić information content (AvgIpc) is 2.87. The molecule has 2 saturated heterocycles. The lowest BCUT2D eigenvalue weighted by Crippen LogP contribution is -2.53. The van der Waals surface area contributed by atoms with Crippen molar-refractivity contribution >= 4 is 17.8 Å². The molecule has 0 bridgehead atoms. The maximum Gasteiger partial charge on any atom is 0.410 e. The molecule has 106 valence electrons. The monoisotopic (exact) mass is 276 g/mol. The fourth-order valence-corrected chi connectivity index (χ4v) is 2.62. The van der Waals surface area contributed by atoms with Gasteiger partial charge in [-0.3, -0.25) is 9.69 Å². The SMILES string of the molecule is CNc1ncccc1C(=O)N1CCN2C(=O)OCC2C1. The van der Waals surface area contributed by atoms with Crippen LogP contribution in [0.2, 0.25) is 0 Å². The molecule has 0 radical (unpaired) electrons. The Hall–Kier alpha value is -2.31. The normalized spacial score (nSPS) is 21.4. The molecule has 0 saturated carbocycles. The van der Waals surface area contributed by atoms with Crippen molar-refractivity contribution in [1.29, 1.82) is 0 Å². The highest BCUT2D eigenvalue weighted by Crippen LogP contribution is 2.21. The predicted octanol–water partition coefficient (Wildman–Crippen LogP) is 0.400. The van der Waals surface area contributed by atoms with Crippen molar-refractivity contribution in [3.63, 3.8) is 0 Å². The third kappa shape index (κ3) is 2.04. The van der Waals surface area contributed by atoms with E-state index in [-0.39, 0.29) is 18.0 Å². The summed E-state index contributed by atoms with van der Waals surface area (Å²) in [5.74, 6) is 0.500. The maximum absolute atomic E-state index is 12.6. The minimum Gasteiger partial charge on any atom is -0.447 e. The molecule has 2 amide bonds. The number of carbonyl (C=O) groups is 2. The van der Waals surface area contributed by atoms with Crippen LogP contribution in [-0.2, 0) is 4.74 Å². The molecule has 1 aromatic heterocycles. The fraction of sp³-hybridized carbons (Fsp3) is 0.462. The number of fused-ring (bicyclic) bond motifs is 1. The van der Waals surface area contributed by atoms with Crippen LogP contribution in [0.1, 0.15) is 10.4 Å². The van der Waals surface area contributed by atoms with Crippen LogP contribution in [-0.4, -0.2) is 66.1 Å². The van der Waals surface area contributed by atoms with Gasteiger partial charge in [0, 0.05) is 32.9 Å². The lowest BCUT2D eigenvalue weighted by atomic mass is 10.1. The van der Waals surface area contributed by atoms with E-state index in [1.807, 2.05) is 0 Å². The van der Waals surface area contributed by atoms with Crippen LogP contribution >= 0.6 is 0 Å². The molecule has 0 aromatic carbocycles. The number of amides is 2. The van der Waals surface area contributed by atoms with Crippen LogP contribution in [0.3, 0.4) is 0 Å². The van der Waals surface area contributed by atoms with Crippen LogP contribution in [0.15, 0.2) is 18.3 Å². The second kappa shape index (κ2) is 4.99. The average molecular weight is 276 g/mol. The summed E-state index contributed by atoms with van der Waals surface area (Å²) in [5.41, 5.74) is 0.550. The van der Waals surface area contributed by atoms with Crippen LogP contribution in [0.25, 0.3) is 0 Å². The summed E-state index contributed by atoms with van der Waals surface area (Å²) < 4.78 is 5.00. The third-order valence-corrected chi connectivity index (χ3v) is 3.68. The molecule has 1 aromatic rings. The largest absolute Gasteiger partial charge is 0.447 e. The molecule has 2 aliphatic heterocycles. The van der Waals surface area contributed by atoms with Crippen LogP contribution in [0.4, 0.5) is 10.6 Å². The van der Waals surface area contributed by atoms with E-state index in [9.17, 15) is 9.59 Å². The van der Waals surface area contributed by atoms with Crippen molar-refractivity contribution in [3.8, 4) is 0 Å². The van der Waals surface area contributed by atoms with Crippen molar-refractivity contribution in [2.24, 2.45) is 0 Å². The molecule has 0 aliphatic carbocycles. The molecule has 2 aliphatic rings. The third-order valence-electron chi connectivity index (χ3n) is 3.68. The molecular formula is C13H16N4O3. The van der Waals surface area contributed by atoms with Crippen molar-refractivity contribution in [1.82, 2.24) is 14.8 Å². The van der Waals surface area contributed by atoms with Crippen molar-refractivity contribution in [3.05, 3.63) is 23.9 Å². The van der Waals surface area contributed by atoms with Gasteiger partial charge in [0.25, 0.3) is 5.91 Å². The quantitative estimate of drug-likeness (QED) is 0.846. The predicted molar refractivity (Wildman–Crippen MR) is 71.5 cm³/mol. The number of carbonyl (C=O) groups excluding carboxylic acids is 2. The molecule has 3 heterocycles.